The second-order valence-corrected chi connectivity index (χ2v) is 4.43. The van der Waals surface area contributed by atoms with Gasteiger partial charge < -0.3 is 4.42 Å². The minimum Gasteiger partial charge on any atom is -0.401 e. The number of nitrogens with one attached hydrogen (secondary N) is 1. The van der Waals surface area contributed by atoms with E-state index in [-0.39, 0.29) is 11.4 Å². The van der Waals surface area contributed by atoms with E-state index in [0.29, 0.717) is 11.3 Å². The van der Waals surface area contributed by atoms with Crippen LogP contribution in [0.4, 0.5) is 13.2 Å². The maximum Gasteiger partial charge on any atom is 0.417 e. The lowest BCUT2D eigenvalue weighted by molar-refractivity contribution is -0.136. The molecule has 1 aromatic carbocycles. The molecular weight excluding hydrogens is 287 g/mol. The number of hydrogen-bond acceptors (Lipinski definition) is 4. The van der Waals surface area contributed by atoms with Gasteiger partial charge in [0.1, 0.15) is 5.69 Å². The SMILES string of the molecule is Cc1ccc(C(F)(F)F)c2c(=O)oc(-c3ccn[nH]3)nc12. The maximum absolute atomic E-state index is 13.0. The van der Waals surface area contributed by atoms with Crippen molar-refractivity contribution in [3.8, 4) is 11.6 Å². The summed E-state index contributed by atoms with van der Waals surface area (Å²) in [6.07, 6.45) is -3.24. The number of aromatic nitrogens is 3. The summed E-state index contributed by atoms with van der Waals surface area (Å²) in [6, 6.07) is 3.63. The van der Waals surface area contributed by atoms with Crippen molar-refractivity contribution in [1.82, 2.24) is 15.2 Å². The summed E-state index contributed by atoms with van der Waals surface area (Å²) in [5, 5.41) is 5.66. The molecule has 0 aliphatic carbocycles. The maximum atomic E-state index is 13.0. The van der Waals surface area contributed by atoms with Gasteiger partial charge in [-0.2, -0.15) is 18.3 Å². The van der Waals surface area contributed by atoms with Gasteiger partial charge in [-0.25, -0.2) is 9.78 Å². The first-order valence-corrected chi connectivity index (χ1v) is 5.89. The number of aromatic amines is 1. The fourth-order valence-electron chi connectivity index (χ4n) is 2.04. The molecule has 0 spiro atoms. The quantitative estimate of drug-likeness (QED) is 0.749. The molecule has 0 atom stereocenters. The van der Waals surface area contributed by atoms with E-state index in [1.54, 1.807) is 6.92 Å². The Morgan fingerprint density at radius 1 is 1.24 bits per heavy atom. The van der Waals surface area contributed by atoms with Crippen molar-refractivity contribution in [2.75, 3.05) is 0 Å². The van der Waals surface area contributed by atoms with Gasteiger partial charge in [-0.3, -0.25) is 5.10 Å². The second-order valence-electron chi connectivity index (χ2n) is 4.43. The molecule has 21 heavy (non-hydrogen) atoms. The molecule has 8 heteroatoms. The van der Waals surface area contributed by atoms with Gasteiger partial charge in [-0.1, -0.05) is 6.07 Å². The lowest BCUT2D eigenvalue weighted by Crippen LogP contribution is -2.13. The molecule has 0 fully saturated rings. The van der Waals surface area contributed by atoms with Crippen LogP contribution in [0.3, 0.4) is 0 Å². The zero-order valence-corrected chi connectivity index (χ0v) is 10.7. The molecule has 2 heterocycles. The first-order valence-electron chi connectivity index (χ1n) is 5.89. The Morgan fingerprint density at radius 3 is 2.62 bits per heavy atom. The number of rotatable bonds is 1. The molecular formula is C13H8F3N3O2. The van der Waals surface area contributed by atoms with Gasteiger partial charge in [0, 0.05) is 6.20 Å². The Balaban J connectivity index is 2.39. The molecule has 1 N–H and O–H groups in total. The van der Waals surface area contributed by atoms with Gasteiger partial charge in [0.15, 0.2) is 0 Å². The van der Waals surface area contributed by atoms with Crippen molar-refractivity contribution in [3.63, 3.8) is 0 Å². The van der Waals surface area contributed by atoms with E-state index in [0.717, 1.165) is 6.07 Å². The molecule has 5 nitrogen and oxygen atoms in total. The topological polar surface area (TPSA) is 71.8 Å². The number of H-pyrrole nitrogens is 1. The highest BCUT2D eigenvalue weighted by Gasteiger charge is 2.34. The average molecular weight is 295 g/mol. The summed E-state index contributed by atoms with van der Waals surface area (Å²) >= 11 is 0. The number of nitrogens with zero attached hydrogens (tertiary/aromatic N) is 2. The Hall–Kier alpha value is -2.64. The molecule has 0 bridgehead atoms. The summed E-state index contributed by atoms with van der Waals surface area (Å²) in [5.74, 6) is -0.104. The van der Waals surface area contributed by atoms with Gasteiger partial charge in [-0.15, -0.1) is 0 Å². The monoisotopic (exact) mass is 295 g/mol. The van der Waals surface area contributed by atoms with Crippen molar-refractivity contribution < 1.29 is 17.6 Å². The lowest BCUT2D eigenvalue weighted by Gasteiger charge is -2.10. The first-order chi connectivity index (χ1) is 9.88. The summed E-state index contributed by atoms with van der Waals surface area (Å²) in [6.45, 7) is 1.58. The van der Waals surface area contributed by atoms with Crippen LogP contribution >= 0.6 is 0 Å². The van der Waals surface area contributed by atoms with Crippen LogP contribution in [0.1, 0.15) is 11.1 Å². The number of benzene rings is 1. The smallest absolute Gasteiger partial charge is 0.401 e. The highest BCUT2D eigenvalue weighted by Crippen LogP contribution is 2.34. The fraction of sp³-hybridized carbons (Fsp3) is 0.154. The largest absolute Gasteiger partial charge is 0.417 e. The predicted molar refractivity (Wildman–Crippen MR) is 67.6 cm³/mol. The zero-order valence-electron chi connectivity index (χ0n) is 10.7. The van der Waals surface area contributed by atoms with Gasteiger partial charge in [-0.05, 0) is 24.6 Å². The third-order valence-corrected chi connectivity index (χ3v) is 3.02. The standard InChI is InChI=1S/C13H8F3N3O2/c1-6-2-3-7(13(14,15)16)9-10(6)18-11(21-12(9)20)8-4-5-17-19-8/h2-5H,1H3,(H,17,19). The highest BCUT2D eigenvalue weighted by atomic mass is 19.4. The average Bonchev–Trinajstić information content (AvgIpc) is 2.92. The minimum atomic E-state index is -4.65. The molecule has 0 amide bonds. The predicted octanol–water partition coefficient (Wildman–Crippen LogP) is 2.91. The van der Waals surface area contributed by atoms with Gasteiger partial charge in [0.25, 0.3) is 0 Å². The molecule has 0 aliphatic heterocycles. The van der Waals surface area contributed by atoms with Crippen molar-refractivity contribution in [2.24, 2.45) is 0 Å². The van der Waals surface area contributed by atoms with Crippen LogP contribution in [0.15, 0.2) is 33.6 Å². The Kier molecular flexibility index (Phi) is 2.82. The summed E-state index contributed by atoms with van der Waals surface area (Å²) in [5.41, 5.74) is -1.41. The lowest BCUT2D eigenvalue weighted by atomic mass is 10.1. The fourth-order valence-corrected chi connectivity index (χ4v) is 2.04. The summed E-state index contributed by atoms with van der Waals surface area (Å²) in [4.78, 5) is 16.0. The van der Waals surface area contributed by atoms with Gasteiger partial charge in [0.05, 0.1) is 16.5 Å². The summed E-state index contributed by atoms with van der Waals surface area (Å²) < 4.78 is 43.8. The number of hydrogen-bond donors (Lipinski definition) is 1. The number of fused-ring (bicyclic) bond motifs is 1. The van der Waals surface area contributed by atoms with E-state index in [1.807, 2.05) is 0 Å². The molecule has 0 unspecified atom stereocenters. The minimum absolute atomic E-state index is 0.0364. The number of aryl methyl sites for hydroxylation is 1. The molecule has 0 aliphatic rings. The number of alkyl halides is 3. The second kappa shape index (κ2) is 4.44. The van der Waals surface area contributed by atoms with Crippen LogP contribution in [0.5, 0.6) is 0 Å². The van der Waals surface area contributed by atoms with E-state index >= 15 is 0 Å². The van der Waals surface area contributed by atoms with E-state index in [1.165, 1.54) is 18.3 Å². The third kappa shape index (κ3) is 2.18. The van der Waals surface area contributed by atoms with Crippen LogP contribution in [0, 0.1) is 6.92 Å². The molecule has 3 aromatic rings. The van der Waals surface area contributed by atoms with Crippen LogP contribution in [0.2, 0.25) is 0 Å². The van der Waals surface area contributed by atoms with Crippen LogP contribution < -0.4 is 5.63 Å². The van der Waals surface area contributed by atoms with Gasteiger partial charge in [0.2, 0.25) is 5.89 Å². The van der Waals surface area contributed by atoms with E-state index < -0.39 is 22.8 Å². The van der Waals surface area contributed by atoms with Crippen LogP contribution in [-0.2, 0) is 6.18 Å². The Morgan fingerprint density at radius 2 is 2.00 bits per heavy atom. The van der Waals surface area contributed by atoms with E-state index in [4.69, 9.17) is 4.42 Å². The normalized spacial score (nSPS) is 12.0. The molecule has 3 rings (SSSR count). The van der Waals surface area contributed by atoms with Crippen molar-refractivity contribution >= 4 is 10.9 Å². The van der Waals surface area contributed by atoms with Crippen LogP contribution in [0.25, 0.3) is 22.5 Å². The van der Waals surface area contributed by atoms with Crippen LogP contribution in [-0.4, -0.2) is 15.2 Å². The van der Waals surface area contributed by atoms with E-state index in [2.05, 4.69) is 15.2 Å². The molecule has 0 saturated carbocycles. The molecule has 2 aromatic heterocycles. The zero-order chi connectivity index (χ0) is 15.2. The molecule has 0 radical (unpaired) electrons. The van der Waals surface area contributed by atoms with Gasteiger partial charge >= 0.3 is 11.8 Å². The Bertz CT molecular complexity index is 867. The molecule has 0 saturated heterocycles. The van der Waals surface area contributed by atoms with Crippen molar-refractivity contribution in [1.29, 1.82) is 0 Å². The highest BCUT2D eigenvalue weighted by molar-refractivity contribution is 5.85. The Labute approximate surface area is 115 Å². The molecule has 108 valence electrons. The first kappa shape index (κ1) is 13.3. The summed E-state index contributed by atoms with van der Waals surface area (Å²) in [7, 11) is 0. The van der Waals surface area contributed by atoms with Crippen molar-refractivity contribution in [3.05, 3.63) is 45.9 Å². The number of halogens is 3. The van der Waals surface area contributed by atoms with E-state index in [9.17, 15) is 18.0 Å². The van der Waals surface area contributed by atoms with Crippen molar-refractivity contribution in [2.45, 2.75) is 13.1 Å². The third-order valence-electron chi connectivity index (χ3n) is 3.02.